The molecule has 1 aromatic carbocycles. The molecule has 0 aliphatic rings. The van der Waals surface area contributed by atoms with Crippen LogP contribution < -0.4 is 0 Å². The van der Waals surface area contributed by atoms with E-state index in [4.69, 9.17) is 4.18 Å². The third-order valence-corrected chi connectivity index (χ3v) is 4.31. The van der Waals surface area contributed by atoms with Gasteiger partial charge in [-0.25, -0.2) is 4.21 Å². The Balaban J connectivity index is 1.83. The van der Waals surface area contributed by atoms with Crippen molar-refractivity contribution >= 4 is 22.4 Å². The van der Waals surface area contributed by atoms with E-state index in [1.165, 1.54) is 4.88 Å². The van der Waals surface area contributed by atoms with Crippen LogP contribution in [0.15, 0.2) is 46.7 Å². The van der Waals surface area contributed by atoms with Crippen LogP contribution in [0.4, 0.5) is 0 Å². The van der Waals surface area contributed by atoms with Gasteiger partial charge in [-0.05, 0) is 30.5 Å². The topological polar surface area (TPSA) is 26.3 Å². The molecule has 0 radical (unpaired) electrons. The summed E-state index contributed by atoms with van der Waals surface area (Å²) in [6.07, 6.45) is 0.815. The molecule has 4 heteroatoms. The maximum absolute atomic E-state index is 11.8. The molecule has 0 amide bonds. The molecule has 1 atom stereocenters. The predicted octanol–water partition coefficient (Wildman–Crippen LogP) is 3.34. The van der Waals surface area contributed by atoms with Crippen LogP contribution in [-0.4, -0.2) is 10.8 Å². The number of thiophene rings is 1. The van der Waals surface area contributed by atoms with Crippen LogP contribution in [0.25, 0.3) is 0 Å². The second kappa shape index (κ2) is 6.10. The third kappa shape index (κ3) is 3.77. The Morgan fingerprint density at radius 1 is 1.24 bits per heavy atom. The Morgan fingerprint density at radius 3 is 2.65 bits per heavy atom. The van der Waals surface area contributed by atoms with Gasteiger partial charge in [-0.1, -0.05) is 23.8 Å². The predicted molar refractivity (Wildman–Crippen MR) is 71.6 cm³/mol. The summed E-state index contributed by atoms with van der Waals surface area (Å²) >= 11 is 0.345. The van der Waals surface area contributed by atoms with Crippen molar-refractivity contribution in [2.75, 3.05) is 6.61 Å². The quantitative estimate of drug-likeness (QED) is 0.829. The molecule has 2 aromatic rings. The van der Waals surface area contributed by atoms with Crippen LogP contribution in [0.1, 0.15) is 10.4 Å². The summed E-state index contributed by atoms with van der Waals surface area (Å²) in [5.41, 5.74) is 1.16. The molecule has 1 unspecified atom stereocenters. The Hall–Kier alpha value is -0.970. The van der Waals surface area contributed by atoms with Crippen molar-refractivity contribution in [3.63, 3.8) is 0 Å². The molecule has 2 nitrogen and oxygen atoms in total. The van der Waals surface area contributed by atoms with Crippen LogP contribution in [0.5, 0.6) is 0 Å². The SMILES string of the molecule is Cc1ccc(S(=O)OCCc2cccs2)cc1. The van der Waals surface area contributed by atoms with Crippen molar-refractivity contribution in [3.05, 3.63) is 52.2 Å². The summed E-state index contributed by atoms with van der Waals surface area (Å²) in [4.78, 5) is 1.98. The highest BCUT2D eigenvalue weighted by Gasteiger charge is 2.04. The first-order chi connectivity index (χ1) is 8.25. The average molecular weight is 266 g/mol. The van der Waals surface area contributed by atoms with Crippen LogP contribution >= 0.6 is 11.3 Å². The summed E-state index contributed by atoms with van der Waals surface area (Å²) in [5, 5.41) is 2.03. The molecule has 0 saturated carbocycles. The maximum Gasteiger partial charge on any atom is 0.189 e. The standard InChI is InChI=1S/C13H14O2S2/c1-11-4-6-13(7-5-11)17(14)15-9-8-12-3-2-10-16-12/h2-7,10H,8-9H2,1H3. The van der Waals surface area contributed by atoms with Gasteiger partial charge in [0.2, 0.25) is 0 Å². The van der Waals surface area contributed by atoms with Gasteiger partial charge in [-0.2, -0.15) is 0 Å². The van der Waals surface area contributed by atoms with Crippen molar-refractivity contribution in [1.29, 1.82) is 0 Å². The summed E-state index contributed by atoms with van der Waals surface area (Å²) in [7, 11) is 0. The molecular formula is C13H14O2S2. The molecule has 1 aromatic heterocycles. The Kier molecular flexibility index (Phi) is 4.48. The molecule has 0 bridgehead atoms. The molecule has 0 aliphatic carbocycles. The minimum Gasteiger partial charge on any atom is -0.286 e. The van der Waals surface area contributed by atoms with Gasteiger partial charge in [0.25, 0.3) is 0 Å². The lowest BCUT2D eigenvalue weighted by Gasteiger charge is -2.03. The van der Waals surface area contributed by atoms with E-state index in [9.17, 15) is 4.21 Å². The summed E-state index contributed by atoms with van der Waals surface area (Å²) < 4.78 is 17.1. The van der Waals surface area contributed by atoms with Crippen molar-refractivity contribution in [3.8, 4) is 0 Å². The Labute approximate surface area is 108 Å². The van der Waals surface area contributed by atoms with E-state index >= 15 is 0 Å². The van der Waals surface area contributed by atoms with Crippen LogP contribution in [0.2, 0.25) is 0 Å². The van der Waals surface area contributed by atoms with Gasteiger partial charge in [0.1, 0.15) is 0 Å². The molecule has 2 rings (SSSR count). The zero-order valence-electron chi connectivity index (χ0n) is 9.59. The summed E-state index contributed by atoms with van der Waals surface area (Å²) in [5.74, 6) is 0. The molecule has 90 valence electrons. The average Bonchev–Trinajstić information content (AvgIpc) is 2.83. The Bertz CT molecular complexity index is 475. The smallest absolute Gasteiger partial charge is 0.189 e. The highest BCUT2D eigenvalue weighted by atomic mass is 32.2. The second-order valence-electron chi connectivity index (χ2n) is 3.70. The number of aryl methyl sites for hydroxylation is 1. The lowest BCUT2D eigenvalue weighted by molar-refractivity contribution is 0.353. The van der Waals surface area contributed by atoms with Gasteiger partial charge < -0.3 is 0 Å². The molecule has 1 heterocycles. The van der Waals surface area contributed by atoms with Crippen molar-refractivity contribution in [1.82, 2.24) is 0 Å². The first-order valence-electron chi connectivity index (χ1n) is 5.40. The third-order valence-electron chi connectivity index (χ3n) is 2.33. The second-order valence-corrected chi connectivity index (χ2v) is 5.91. The van der Waals surface area contributed by atoms with Gasteiger partial charge >= 0.3 is 0 Å². The molecule has 0 aliphatic heterocycles. The van der Waals surface area contributed by atoms with Gasteiger partial charge in [0.05, 0.1) is 11.5 Å². The summed E-state index contributed by atoms with van der Waals surface area (Å²) in [6.45, 7) is 2.49. The molecule has 0 spiro atoms. The van der Waals surface area contributed by atoms with Gasteiger partial charge in [-0.3, -0.25) is 4.18 Å². The minimum atomic E-state index is -1.35. The fraction of sp³-hybridized carbons (Fsp3) is 0.231. The van der Waals surface area contributed by atoms with E-state index in [2.05, 4.69) is 6.07 Å². The molecular weight excluding hydrogens is 252 g/mol. The van der Waals surface area contributed by atoms with Crippen molar-refractivity contribution in [2.45, 2.75) is 18.2 Å². The number of hydrogen-bond donors (Lipinski definition) is 0. The lowest BCUT2D eigenvalue weighted by atomic mass is 10.2. The molecule has 0 fully saturated rings. The van der Waals surface area contributed by atoms with Crippen molar-refractivity contribution in [2.24, 2.45) is 0 Å². The maximum atomic E-state index is 11.8. The highest BCUT2D eigenvalue weighted by Crippen LogP contribution is 2.12. The van der Waals surface area contributed by atoms with E-state index in [1.54, 1.807) is 11.3 Å². The van der Waals surface area contributed by atoms with Crippen LogP contribution in [-0.2, 0) is 21.7 Å². The monoisotopic (exact) mass is 266 g/mol. The fourth-order valence-corrected chi connectivity index (χ4v) is 2.81. The first-order valence-corrected chi connectivity index (χ1v) is 7.35. The number of benzene rings is 1. The fourth-order valence-electron chi connectivity index (χ4n) is 1.39. The lowest BCUT2D eigenvalue weighted by Crippen LogP contribution is -2.01. The summed E-state index contributed by atoms with van der Waals surface area (Å²) in [6, 6.07) is 11.6. The number of rotatable bonds is 5. The molecule has 0 saturated heterocycles. The normalized spacial score (nSPS) is 12.5. The van der Waals surface area contributed by atoms with E-state index < -0.39 is 11.1 Å². The van der Waals surface area contributed by atoms with E-state index in [-0.39, 0.29) is 0 Å². The highest BCUT2D eigenvalue weighted by molar-refractivity contribution is 7.80. The molecule has 0 N–H and O–H groups in total. The zero-order chi connectivity index (χ0) is 12.1. The zero-order valence-corrected chi connectivity index (χ0v) is 11.2. The number of hydrogen-bond acceptors (Lipinski definition) is 3. The minimum absolute atomic E-state index is 0.487. The van der Waals surface area contributed by atoms with Gasteiger partial charge in [0.15, 0.2) is 11.1 Å². The Morgan fingerprint density at radius 2 is 2.00 bits per heavy atom. The van der Waals surface area contributed by atoms with Crippen LogP contribution in [0, 0.1) is 6.92 Å². The largest absolute Gasteiger partial charge is 0.286 e. The van der Waals surface area contributed by atoms with E-state index in [1.807, 2.05) is 42.6 Å². The molecule has 17 heavy (non-hydrogen) atoms. The van der Waals surface area contributed by atoms with E-state index in [0.717, 1.165) is 16.9 Å². The van der Waals surface area contributed by atoms with Crippen molar-refractivity contribution < 1.29 is 8.39 Å². The van der Waals surface area contributed by atoms with Gasteiger partial charge in [0, 0.05) is 11.3 Å². The van der Waals surface area contributed by atoms with Crippen LogP contribution in [0.3, 0.4) is 0 Å². The van der Waals surface area contributed by atoms with Gasteiger partial charge in [-0.15, -0.1) is 11.3 Å². The van der Waals surface area contributed by atoms with E-state index in [0.29, 0.717) is 6.61 Å². The first kappa shape index (κ1) is 12.5.